The Morgan fingerprint density at radius 2 is 1.82 bits per heavy atom. The highest BCUT2D eigenvalue weighted by molar-refractivity contribution is 9.10. The minimum Gasteiger partial charge on any atom is -0.324 e. The molecule has 17 heavy (non-hydrogen) atoms. The van der Waals surface area contributed by atoms with E-state index >= 15 is 0 Å². The Morgan fingerprint density at radius 1 is 1.18 bits per heavy atom. The Bertz CT molecular complexity index is 385. The maximum Gasteiger partial charge on any atom is 0.0300 e. The van der Waals surface area contributed by atoms with Gasteiger partial charge in [0.15, 0.2) is 0 Å². The van der Waals surface area contributed by atoms with Crippen molar-refractivity contribution in [2.24, 2.45) is 5.73 Å². The second-order valence-corrected chi connectivity index (χ2v) is 5.76. The highest BCUT2D eigenvalue weighted by Gasteiger charge is 2.15. The Balaban J connectivity index is 2.93. The summed E-state index contributed by atoms with van der Waals surface area (Å²) in [4.78, 5) is 0. The minimum atomic E-state index is 0.179. The van der Waals surface area contributed by atoms with E-state index in [2.05, 4.69) is 49.7 Å². The summed E-state index contributed by atoms with van der Waals surface area (Å²) in [6, 6.07) is 2.41. The average molecular weight is 298 g/mol. The van der Waals surface area contributed by atoms with Crippen LogP contribution in [0.25, 0.3) is 0 Å². The molecule has 0 fully saturated rings. The molecule has 2 N–H and O–H groups in total. The smallest absolute Gasteiger partial charge is 0.0300 e. The molecule has 0 radical (unpaired) electrons. The maximum atomic E-state index is 6.34. The van der Waals surface area contributed by atoms with Crippen molar-refractivity contribution in [1.29, 1.82) is 0 Å². The summed E-state index contributed by atoms with van der Waals surface area (Å²) in [5, 5.41) is 0. The third-order valence-electron chi connectivity index (χ3n) is 3.43. The van der Waals surface area contributed by atoms with E-state index in [1.54, 1.807) is 0 Å². The minimum absolute atomic E-state index is 0.179. The monoisotopic (exact) mass is 297 g/mol. The first-order valence-electron chi connectivity index (χ1n) is 6.50. The fourth-order valence-corrected chi connectivity index (χ4v) is 2.83. The average Bonchev–Trinajstić information content (AvgIpc) is 2.26. The first-order valence-corrected chi connectivity index (χ1v) is 7.30. The molecule has 0 aliphatic rings. The van der Waals surface area contributed by atoms with Crippen molar-refractivity contribution in [2.45, 2.75) is 59.4 Å². The lowest BCUT2D eigenvalue weighted by atomic mass is 9.91. The lowest BCUT2D eigenvalue weighted by molar-refractivity contribution is 0.577. The normalized spacial score (nSPS) is 12.8. The van der Waals surface area contributed by atoms with Crippen LogP contribution in [0.5, 0.6) is 0 Å². The van der Waals surface area contributed by atoms with Crippen LogP contribution in [0, 0.1) is 20.8 Å². The summed E-state index contributed by atoms with van der Waals surface area (Å²) in [5.41, 5.74) is 11.6. The molecule has 0 aromatic heterocycles. The molecule has 1 unspecified atom stereocenters. The Labute approximate surface area is 114 Å². The van der Waals surface area contributed by atoms with Gasteiger partial charge in [-0.2, -0.15) is 0 Å². The maximum absolute atomic E-state index is 6.34. The molecule has 1 nitrogen and oxygen atoms in total. The van der Waals surface area contributed by atoms with E-state index in [4.69, 9.17) is 5.73 Å². The predicted octanol–water partition coefficient (Wildman–Crippen LogP) is 4.95. The number of unbranched alkanes of at least 4 members (excludes halogenated alkanes) is 2. The summed E-state index contributed by atoms with van der Waals surface area (Å²) in [7, 11) is 0. The van der Waals surface area contributed by atoms with E-state index in [0.29, 0.717) is 0 Å². The summed E-state index contributed by atoms with van der Waals surface area (Å²) < 4.78 is 1.21. The van der Waals surface area contributed by atoms with Crippen LogP contribution in [-0.2, 0) is 0 Å². The largest absolute Gasteiger partial charge is 0.324 e. The molecule has 1 rings (SSSR count). The van der Waals surface area contributed by atoms with Gasteiger partial charge in [-0.15, -0.1) is 0 Å². The Morgan fingerprint density at radius 3 is 2.41 bits per heavy atom. The van der Waals surface area contributed by atoms with Gasteiger partial charge in [0.1, 0.15) is 0 Å². The molecule has 0 aliphatic heterocycles. The van der Waals surface area contributed by atoms with Gasteiger partial charge in [-0.05, 0) is 49.4 Å². The standard InChI is InChI=1S/C15H24BrN/c1-5-6-7-8-13(17)14-10(2)9-11(3)15(16)12(14)4/h9,13H,5-8,17H2,1-4H3. The van der Waals surface area contributed by atoms with Crippen LogP contribution in [0.1, 0.15) is 60.9 Å². The van der Waals surface area contributed by atoms with Gasteiger partial charge in [0.05, 0.1) is 0 Å². The first kappa shape index (κ1) is 14.7. The number of aryl methyl sites for hydroxylation is 2. The van der Waals surface area contributed by atoms with Gasteiger partial charge in [-0.3, -0.25) is 0 Å². The second-order valence-electron chi connectivity index (χ2n) is 4.97. The quantitative estimate of drug-likeness (QED) is 0.764. The van der Waals surface area contributed by atoms with Gasteiger partial charge in [0.2, 0.25) is 0 Å². The summed E-state index contributed by atoms with van der Waals surface area (Å²) in [6.45, 7) is 8.70. The Hall–Kier alpha value is -0.340. The highest BCUT2D eigenvalue weighted by Crippen LogP contribution is 2.31. The third-order valence-corrected chi connectivity index (χ3v) is 4.65. The zero-order valence-electron chi connectivity index (χ0n) is 11.4. The van der Waals surface area contributed by atoms with Gasteiger partial charge >= 0.3 is 0 Å². The molecule has 1 atom stereocenters. The zero-order valence-corrected chi connectivity index (χ0v) is 13.0. The van der Waals surface area contributed by atoms with Crippen molar-refractivity contribution in [2.75, 3.05) is 0 Å². The van der Waals surface area contributed by atoms with Gasteiger partial charge in [-0.25, -0.2) is 0 Å². The topological polar surface area (TPSA) is 26.0 Å². The van der Waals surface area contributed by atoms with Crippen molar-refractivity contribution in [3.05, 3.63) is 32.8 Å². The van der Waals surface area contributed by atoms with Crippen LogP contribution in [0.2, 0.25) is 0 Å². The molecular formula is C15H24BrN. The van der Waals surface area contributed by atoms with Crippen molar-refractivity contribution in [3.63, 3.8) is 0 Å². The molecule has 0 spiro atoms. The summed E-state index contributed by atoms with van der Waals surface area (Å²) in [6.07, 6.45) is 4.84. The van der Waals surface area contributed by atoms with E-state index < -0.39 is 0 Å². The number of nitrogens with two attached hydrogens (primary N) is 1. The number of benzene rings is 1. The van der Waals surface area contributed by atoms with Crippen molar-refractivity contribution >= 4 is 15.9 Å². The molecule has 0 heterocycles. The van der Waals surface area contributed by atoms with Gasteiger partial charge in [0, 0.05) is 10.5 Å². The molecule has 1 aromatic carbocycles. The van der Waals surface area contributed by atoms with Crippen LogP contribution in [0.3, 0.4) is 0 Å². The van der Waals surface area contributed by atoms with E-state index in [1.807, 2.05) is 0 Å². The van der Waals surface area contributed by atoms with Crippen molar-refractivity contribution in [3.8, 4) is 0 Å². The van der Waals surface area contributed by atoms with Crippen molar-refractivity contribution < 1.29 is 0 Å². The molecular weight excluding hydrogens is 274 g/mol. The van der Waals surface area contributed by atoms with Crippen LogP contribution in [0.15, 0.2) is 10.5 Å². The SMILES string of the molecule is CCCCCC(N)c1c(C)cc(C)c(Br)c1C. The summed E-state index contributed by atoms with van der Waals surface area (Å²) in [5.74, 6) is 0. The molecule has 1 aromatic rings. The van der Waals surface area contributed by atoms with Crippen molar-refractivity contribution in [1.82, 2.24) is 0 Å². The number of hydrogen-bond donors (Lipinski definition) is 1. The predicted molar refractivity (Wildman–Crippen MR) is 79.4 cm³/mol. The van der Waals surface area contributed by atoms with E-state index in [1.165, 1.54) is 46.0 Å². The fraction of sp³-hybridized carbons (Fsp3) is 0.600. The molecule has 96 valence electrons. The van der Waals surface area contributed by atoms with Crippen LogP contribution in [0.4, 0.5) is 0 Å². The molecule has 0 bridgehead atoms. The lowest BCUT2D eigenvalue weighted by Crippen LogP contribution is -2.14. The molecule has 0 saturated heterocycles. The second kappa shape index (κ2) is 6.55. The third kappa shape index (κ3) is 3.56. The summed E-state index contributed by atoms with van der Waals surface area (Å²) >= 11 is 3.66. The van der Waals surface area contributed by atoms with E-state index in [0.717, 1.165) is 6.42 Å². The lowest BCUT2D eigenvalue weighted by Gasteiger charge is -2.20. The Kier molecular flexibility index (Phi) is 5.68. The molecule has 0 aliphatic carbocycles. The number of hydrogen-bond acceptors (Lipinski definition) is 1. The van der Waals surface area contributed by atoms with Crippen LogP contribution >= 0.6 is 15.9 Å². The van der Waals surface area contributed by atoms with E-state index in [-0.39, 0.29) is 6.04 Å². The highest BCUT2D eigenvalue weighted by atomic mass is 79.9. The van der Waals surface area contributed by atoms with Crippen LogP contribution < -0.4 is 5.73 Å². The molecule has 2 heteroatoms. The number of halogens is 1. The first-order chi connectivity index (χ1) is 7.99. The molecule has 0 amide bonds. The van der Waals surface area contributed by atoms with Gasteiger partial charge < -0.3 is 5.73 Å². The fourth-order valence-electron chi connectivity index (χ4n) is 2.50. The van der Waals surface area contributed by atoms with Gasteiger partial charge in [-0.1, -0.05) is 48.2 Å². The van der Waals surface area contributed by atoms with Crippen LogP contribution in [-0.4, -0.2) is 0 Å². The molecule has 0 saturated carbocycles. The zero-order chi connectivity index (χ0) is 13.0. The number of rotatable bonds is 5. The van der Waals surface area contributed by atoms with Gasteiger partial charge in [0.25, 0.3) is 0 Å². The van der Waals surface area contributed by atoms with E-state index in [9.17, 15) is 0 Å².